The van der Waals surface area contributed by atoms with E-state index in [2.05, 4.69) is 9.62 Å². The lowest BCUT2D eigenvalue weighted by Gasteiger charge is -2.36. The van der Waals surface area contributed by atoms with Crippen LogP contribution in [0.3, 0.4) is 0 Å². The van der Waals surface area contributed by atoms with Gasteiger partial charge in [-0.05, 0) is 5.92 Å². The number of ether oxygens (including phenoxy) is 1. The molecule has 1 fully saturated rings. The van der Waals surface area contributed by atoms with Crippen LogP contribution in [-0.2, 0) is 28.9 Å². The van der Waals surface area contributed by atoms with Gasteiger partial charge in [-0.1, -0.05) is 13.8 Å². The highest BCUT2D eigenvalue weighted by atomic mass is 32.2. The number of rotatable bonds is 6. The van der Waals surface area contributed by atoms with Gasteiger partial charge in [-0.25, -0.2) is 17.9 Å². The minimum absolute atomic E-state index is 0.00458. The van der Waals surface area contributed by atoms with E-state index < -0.39 is 26.2 Å². The summed E-state index contributed by atoms with van der Waals surface area (Å²) in [5.41, 5.74) is -1.40. The average molecular weight is 374 g/mol. The van der Waals surface area contributed by atoms with Gasteiger partial charge in [-0.2, -0.15) is 0 Å². The summed E-state index contributed by atoms with van der Waals surface area (Å²) in [6.45, 7) is 6.97. The quantitative estimate of drug-likeness (QED) is 0.665. The third-order valence-electron chi connectivity index (χ3n) is 4.47. The predicted molar refractivity (Wildman–Crippen MR) is 93.1 cm³/mol. The molecule has 1 aromatic rings. The van der Waals surface area contributed by atoms with Crippen molar-refractivity contribution in [2.24, 2.45) is 20.0 Å². The zero-order valence-electron chi connectivity index (χ0n) is 15.1. The van der Waals surface area contributed by atoms with Crippen molar-refractivity contribution in [2.45, 2.75) is 24.8 Å². The fourth-order valence-corrected chi connectivity index (χ4v) is 4.14. The Labute approximate surface area is 147 Å². The smallest absolute Gasteiger partial charge is 0.330 e. The second-order valence-corrected chi connectivity index (χ2v) is 8.30. The molecule has 9 nitrogen and oxygen atoms in total. The molecule has 25 heavy (non-hydrogen) atoms. The molecule has 1 aliphatic heterocycles. The molecule has 1 unspecified atom stereocenters. The van der Waals surface area contributed by atoms with Crippen molar-refractivity contribution in [3.8, 4) is 0 Å². The summed E-state index contributed by atoms with van der Waals surface area (Å²) in [7, 11) is -1.35. The van der Waals surface area contributed by atoms with E-state index in [0.29, 0.717) is 13.2 Å². The molecule has 1 aromatic heterocycles. The van der Waals surface area contributed by atoms with Crippen molar-refractivity contribution >= 4 is 10.0 Å². The van der Waals surface area contributed by atoms with Gasteiger partial charge in [0.2, 0.25) is 10.0 Å². The van der Waals surface area contributed by atoms with E-state index in [1.54, 1.807) is 0 Å². The minimum Gasteiger partial charge on any atom is -0.379 e. The maximum absolute atomic E-state index is 12.6. The SMILES string of the molecule is CC(C)C(CNS(=O)(=O)c1cn(C)c(=O)n(C)c1=O)N1CCOCC1. The maximum atomic E-state index is 12.6. The van der Waals surface area contributed by atoms with Crippen LogP contribution in [-0.4, -0.2) is 61.3 Å². The second-order valence-electron chi connectivity index (χ2n) is 6.56. The normalized spacial score (nSPS) is 17.8. The fourth-order valence-electron chi connectivity index (χ4n) is 2.93. The molecule has 0 radical (unpaired) electrons. The highest BCUT2D eigenvalue weighted by Crippen LogP contribution is 2.13. The molecular weight excluding hydrogens is 348 g/mol. The van der Waals surface area contributed by atoms with Gasteiger partial charge in [0, 0.05) is 46.0 Å². The molecule has 0 aliphatic carbocycles. The zero-order chi connectivity index (χ0) is 18.8. The van der Waals surface area contributed by atoms with Crippen LogP contribution in [0.1, 0.15) is 13.8 Å². The van der Waals surface area contributed by atoms with Gasteiger partial charge in [0.05, 0.1) is 13.2 Å². The van der Waals surface area contributed by atoms with Crippen LogP contribution >= 0.6 is 0 Å². The summed E-state index contributed by atoms with van der Waals surface area (Å²) in [6.07, 6.45) is 1.06. The van der Waals surface area contributed by atoms with E-state index in [4.69, 9.17) is 4.74 Å². The lowest BCUT2D eigenvalue weighted by Crippen LogP contribution is -2.51. The van der Waals surface area contributed by atoms with Crippen LogP contribution in [0, 0.1) is 5.92 Å². The number of aromatic nitrogens is 2. The van der Waals surface area contributed by atoms with Crippen molar-refractivity contribution in [1.29, 1.82) is 0 Å². The van der Waals surface area contributed by atoms with Crippen LogP contribution in [0.2, 0.25) is 0 Å². The first-order valence-electron chi connectivity index (χ1n) is 8.23. The van der Waals surface area contributed by atoms with E-state index >= 15 is 0 Å². The first-order valence-corrected chi connectivity index (χ1v) is 9.71. The van der Waals surface area contributed by atoms with Crippen molar-refractivity contribution in [3.63, 3.8) is 0 Å². The number of nitrogens with zero attached hydrogens (tertiary/aromatic N) is 3. The first-order chi connectivity index (χ1) is 11.6. The van der Waals surface area contributed by atoms with Gasteiger partial charge in [0.1, 0.15) is 0 Å². The largest absolute Gasteiger partial charge is 0.379 e. The molecule has 0 aromatic carbocycles. The molecule has 2 rings (SSSR count). The van der Waals surface area contributed by atoms with Crippen molar-refractivity contribution in [1.82, 2.24) is 18.8 Å². The lowest BCUT2D eigenvalue weighted by molar-refractivity contribution is 0.00776. The Bertz CT molecular complexity index is 821. The van der Waals surface area contributed by atoms with E-state index in [1.165, 1.54) is 14.1 Å². The Kier molecular flexibility index (Phi) is 6.20. The fraction of sp³-hybridized carbons (Fsp3) is 0.733. The van der Waals surface area contributed by atoms with E-state index in [-0.39, 0.29) is 18.5 Å². The highest BCUT2D eigenvalue weighted by Gasteiger charge is 2.27. The summed E-state index contributed by atoms with van der Waals surface area (Å²) in [6, 6.07) is -0.00458. The Hall–Kier alpha value is -1.49. The summed E-state index contributed by atoms with van der Waals surface area (Å²) in [4.78, 5) is 25.7. The third kappa shape index (κ3) is 4.38. The Balaban J connectivity index is 2.23. The number of hydrogen-bond acceptors (Lipinski definition) is 6. The molecule has 0 amide bonds. The van der Waals surface area contributed by atoms with Crippen LogP contribution < -0.4 is 16.0 Å². The Morgan fingerprint density at radius 2 is 1.80 bits per heavy atom. The van der Waals surface area contributed by atoms with Crippen LogP contribution in [0.4, 0.5) is 0 Å². The molecular formula is C15H26N4O5S. The number of nitrogens with one attached hydrogen (secondary N) is 1. The van der Waals surface area contributed by atoms with Gasteiger partial charge >= 0.3 is 5.69 Å². The summed E-state index contributed by atoms with van der Waals surface area (Å²) >= 11 is 0. The molecule has 142 valence electrons. The monoisotopic (exact) mass is 374 g/mol. The van der Waals surface area contributed by atoms with Crippen molar-refractivity contribution in [2.75, 3.05) is 32.8 Å². The predicted octanol–water partition coefficient (Wildman–Crippen LogP) is -1.28. The van der Waals surface area contributed by atoms with Gasteiger partial charge in [-0.3, -0.25) is 14.3 Å². The second kappa shape index (κ2) is 7.81. The molecule has 0 spiro atoms. The maximum Gasteiger partial charge on any atom is 0.330 e. The summed E-state index contributed by atoms with van der Waals surface area (Å²) < 4.78 is 34.9. The molecule has 10 heteroatoms. The van der Waals surface area contributed by atoms with Crippen LogP contribution in [0.25, 0.3) is 0 Å². The number of aryl methyl sites for hydroxylation is 1. The lowest BCUT2D eigenvalue weighted by atomic mass is 10.0. The van der Waals surface area contributed by atoms with Crippen molar-refractivity contribution in [3.05, 3.63) is 27.0 Å². The number of hydrogen-bond donors (Lipinski definition) is 1. The molecule has 0 bridgehead atoms. The summed E-state index contributed by atoms with van der Waals surface area (Å²) in [5.74, 6) is 0.226. The van der Waals surface area contributed by atoms with Gasteiger partial charge in [0.25, 0.3) is 5.56 Å². The van der Waals surface area contributed by atoms with Crippen molar-refractivity contribution < 1.29 is 13.2 Å². The summed E-state index contributed by atoms with van der Waals surface area (Å²) in [5, 5.41) is 0. The topological polar surface area (TPSA) is 103 Å². The van der Waals surface area contributed by atoms with Crippen LogP contribution in [0.15, 0.2) is 20.7 Å². The number of sulfonamides is 1. The van der Waals surface area contributed by atoms with E-state index in [0.717, 1.165) is 28.4 Å². The molecule has 1 N–H and O–H groups in total. The highest BCUT2D eigenvalue weighted by molar-refractivity contribution is 7.89. The molecule has 1 atom stereocenters. The minimum atomic E-state index is -4.02. The standard InChI is InChI=1S/C15H26N4O5S/c1-11(2)12(19-5-7-24-8-6-19)9-16-25(22,23)13-10-17(3)15(21)18(4)14(13)20/h10-12,16H,5-9H2,1-4H3. The first kappa shape index (κ1) is 19.8. The van der Waals surface area contributed by atoms with E-state index in [1.807, 2.05) is 13.8 Å². The third-order valence-corrected chi connectivity index (χ3v) is 5.88. The molecule has 0 saturated carbocycles. The average Bonchev–Trinajstić information content (AvgIpc) is 2.56. The molecule has 1 aliphatic rings. The number of morpholine rings is 1. The van der Waals surface area contributed by atoms with E-state index in [9.17, 15) is 18.0 Å². The van der Waals surface area contributed by atoms with Gasteiger partial charge in [-0.15, -0.1) is 0 Å². The van der Waals surface area contributed by atoms with Gasteiger partial charge in [0.15, 0.2) is 4.90 Å². The zero-order valence-corrected chi connectivity index (χ0v) is 15.9. The Morgan fingerprint density at radius 1 is 1.20 bits per heavy atom. The van der Waals surface area contributed by atoms with Gasteiger partial charge < -0.3 is 9.30 Å². The molecule has 1 saturated heterocycles. The Morgan fingerprint density at radius 3 is 2.36 bits per heavy atom. The van der Waals surface area contributed by atoms with Crippen LogP contribution in [0.5, 0.6) is 0 Å². The molecule has 2 heterocycles.